The van der Waals surface area contributed by atoms with Crippen molar-refractivity contribution < 1.29 is 33.5 Å². The fourth-order valence-corrected chi connectivity index (χ4v) is 2.50. The van der Waals surface area contributed by atoms with Crippen molar-refractivity contribution in [1.29, 1.82) is 0 Å². The Labute approximate surface area is 135 Å². The summed E-state index contributed by atoms with van der Waals surface area (Å²) in [5, 5.41) is 10.8. The number of anilines is 1. The van der Waals surface area contributed by atoms with Crippen LogP contribution >= 0.6 is 0 Å². The van der Waals surface area contributed by atoms with Crippen molar-refractivity contribution in [2.75, 3.05) is 50.8 Å². The first-order valence-corrected chi connectivity index (χ1v) is 6.82. The molecule has 108 valence electrons. The van der Waals surface area contributed by atoms with E-state index in [1.807, 2.05) is 4.90 Å². The second-order valence-electron chi connectivity index (χ2n) is 5.22. The Bertz CT molecular complexity index is 490. The molecule has 0 saturated carbocycles. The fraction of sp³-hybridized carbons (Fsp3) is 0.615. The normalized spacial score (nSPS) is 19.7. The summed E-state index contributed by atoms with van der Waals surface area (Å²) < 4.78 is 5.18. The molecule has 0 radical (unpaired) electrons. The van der Waals surface area contributed by atoms with E-state index in [1.165, 1.54) is 12.3 Å². The smallest absolute Gasteiger partial charge is 0.543 e. The van der Waals surface area contributed by atoms with Gasteiger partial charge in [-0.25, -0.2) is 9.97 Å². The van der Waals surface area contributed by atoms with Gasteiger partial charge in [-0.1, -0.05) is 0 Å². The molecule has 7 nitrogen and oxygen atoms in total. The van der Waals surface area contributed by atoms with E-state index in [0.29, 0.717) is 11.9 Å². The minimum atomic E-state index is -1.27. The largest absolute Gasteiger partial charge is 1.00 e. The van der Waals surface area contributed by atoms with E-state index in [0.717, 1.165) is 45.9 Å². The quantitative estimate of drug-likeness (QED) is 0.516. The van der Waals surface area contributed by atoms with Crippen molar-refractivity contribution >= 4 is 11.9 Å². The molecule has 0 spiro atoms. The summed E-state index contributed by atoms with van der Waals surface area (Å²) in [5.41, 5.74) is -0.0657. The van der Waals surface area contributed by atoms with Crippen LogP contribution in [0, 0.1) is 5.92 Å². The number of aromatic carboxylic acids is 1. The van der Waals surface area contributed by atoms with Gasteiger partial charge in [0, 0.05) is 44.8 Å². The fourth-order valence-electron chi connectivity index (χ4n) is 2.50. The van der Waals surface area contributed by atoms with Crippen LogP contribution in [0.25, 0.3) is 0 Å². The molecule has 0 bridgehead atoms. The van der Waals surface area contributed by atoms with Gasteiger partial charge >= 0.3 is 18.9 Å². The predicted octanol–water partition coefficient (Wildman–Crippen LogP) is -4.39. The van der Waals surface area contributed by atoms with E-state index in [9.17, 15) is 9.90 Å². The summed E-state index contributed by atoms with van der Waals surface area (Å²) >= 11 is 0. The molecule has 3 rings (SSSR count). The van der Waals surface area contributed by atoms with Crippen LogP contribution in [0.2, 0.25) is 0 Å². The third-order valence-electron chi connectivity index (χ3n) is 3.73. The van der Waals surface area contributed by atoms with Crippen molar-refractivity contribution in [3.63, 3.8) is 0 Å². The van der Waals surface area contributed by atoms with Gasteiger partial charge in [0.1, 0.15) is 0 Å². The number of carboxylic acids is 1. The van der Waals surface area contributed by atoms with Crippen LogP contribution in [0.15, 0.2) is 12.3 Å². The van der Waals surface area contributed by atoms with Crippen LogP contribution in [-0.2, 0) is 4.74 Å². The van der Waals surface area contributed by atoms with Crippen molar-refractivity contribution in [1.82, 2.24) is 14.9 Å². The molecule has 21 heavy (non-hydrogen) atoms. The number of hydrogen-bond acceptors (Lipinski definition) is 7. The predicted molar refractivity (Wildman–Crippen MR) is 69.3 cm³/mol. The minimum Gasteiger partial charge on any atom is -0.543 e. The maximum atomic E-state index is 10.8. The van der Waals surface area contributed by atoms with Crippen molar-refractivity contribution in [2.24, 2.45) is 5.92 Å². The molecule has 0 amide bonds. The van der Waals surface area contributed by atoms with Crippen molar-refractivity contribution in [3.8, 4) is 0 Å². The molecule has 0 aliphatic carbocycles. The molecule has 2 aliphatic heterocycles. The van der Waals surface area contributed by atoms with Gasteiger partial charge in [-0.3, -0.25) is 4.90 Å². The third-order valence-corrected chi connectivity index (χ3v) is 3.73. The zero-order valence-corrected chi connectivity index (χ0v) is 12.2. The van der Waals surface area contributed by atoms with Gasteiger partial charge in [0.05, 0.1) is 24.9 Å². The van der Waals surface area contributed by atoms with Gasteiger partial charge in [0.15, 0.2) is 0 Å². The van der Waals surface area contributed by atoms with Crippen molar-refractivity contribution in [3.05, 3.63) is 18.0 Å². The van der Waals surface area contributed by atoms with Crippen LogP contribution in [0.1, 0.15) is 10.5 Å². The van der Waals surface area contributed by atoms with Crippen molar-refractivity contribution in [2.45, 2.75) is 0 Å². The molecule has 1 aromatic heterocycles. The Morgan fingerprint density at radius 1 is 1.33 bits per heavy atom. The number of carboxylic acid groups (broad SMARTS) is 1. The monoisotopic (exact) mass is 284 g/mol. The van der Waals surface area contributed by atoms with Gasteiger partial charge < -0.3 is 19.5 Å². The van der Waals surface area contributed by atoms with Crippen LogP contribution in [0.4, 0.5) is 5.95 Å². The summed E-state index contributed by atoms with van der Waals surface area (Å²) in [7, 11) is 0. The molecular formula is C13H17LiN4O3. The topological polar surface area (TPSA) is 81.6 Å². The Morgan fingerprint density at radius 3 is 2.62 bits per heavy atom. The number of piperazine rings is 1. The molecule has 3 heterocycles. The summed E-state index contributed by atoms with van der Waals surface area (Å²) in [6, 6.07) is 1.35. The summed E-state index contributed by atoms with van der Waals surface area (Å²) in [5.74, 6) is -0.130. The zero-order valence-electron chi connectivity index (χ0n) is 12.2. The summed E-state index contributed by atoms with van der Waals surface area (Å²) in [6.07, 6.45) is 1.46. The van der Waals surface area contributed by atoms with Gasteiger partial charge in [-0.15, -0.1) is 0 Å². The summed E-state index contributed by atoms with van der Waals surface area (Å²) in [4.78, 5) is 23.4. The van der Waals surface area contributed by atoms with E-state index in [-0.39, 0.29) is 24.6 Å². The SMILES string of the molecule is O=C([O-])c1ccnc(N2CCN(CC3COC3)CC2)n1.[Li+]. The van der Waals surface area contributed by atoms with E-state index in [2.05, 4.69) is 14.9 Å². The number of aromatic nitrogens is 2. The average molecular weight is 284 g/mol. The van der Waals surface area contributed by atoms with Crippen LogP contribution in [0.5, 0.6) is 0 Å². The first-order chi connectivity index (χ1) is 9.72. The molecule has 0 unspecified atom stereocenters. The van der Waals surface area contributed by atoms with Crippen LogP contribution in [-0.4, -0.2) is 66.8 Å². The van der Waals surface area contributed by atoms with Gasteiger partial charge in [0.2, 0.25) is 5.95 Å². The van der Waals surface area contributed by atoms with E-state index >= 15 is 0 Å². The minimum absolute atomic E-state index is 0. The molecule has 0 aromatic carbocycles. The Kier molecular flexibility index (Phi) is 5.59. The second kappa shape index (κ2) is 7.23. The van der Waals surface area contributed by atoms with Gasteiger partial charge in [-0.2, -0.15) is 0 Å². The number of ether oxygens (including phenoxy) is 1. The van der Waals surface area contributed by atoms with E-state index < -0.39 is 5.97 Å². The first kappa shape index (κ1) is 16.2. The van der Waals surface area contributed by atoms with Gasteiger partial charge in [-0.05, 0) is 6.07 Å². The van der Waals surface area contributed by atoms with Crippen LogP contribution in [0.3, 0.4) is 0 Å². The maximum Gasteiger partial charge on any atom is 1.00 e. The van der Waals surface area contributed by atoms with E-state index in [4.69, 9.17) is 4.74 Å². The molecule has 2 fully saturated rings. The number of nitrogens with zero attached hydrogens (tertiary/aromatic N) is 4. The third kappa shape index (κ3) is 3.95. The number of carbonyl (C=O) groups is 1. The van der Waals surface area contributed by atoms with E-state index in [1.54, 1.807) is 0 Å². The number of hydrogen-bond donors (Lipinski definition) is 0. The number of carbonyl (C=O) groups excluding carboxylic acids is 1. The molecule has 0 N–H and O–H groups in total. The zero-order chi connectivity index (χ0) is 13.9. The molecule has 0 atom stereocenters. The molecule has 8 heteroatoms. The Morgan fingerprint density at radius 2 is 2.05 bits per heavy atom. The second-order valence-corrected chi connectivity index (χ2v) is 5.22. The first-order valence-electron chi connectivity index (χ1n) is 6.82. The maximum absolute atomic E-state index is 10.8. The molecular weight excluding hydrogens is 267 g/mol. The average Bonchev–Trinajstić information content (AvgIpc) is 2.44. The Hall–Kier alpha value is -1.13. The standard InChI is InChI=1S/C13H18N4O3.Li/c18-12(19)11-1-2-14-13(15-11)17-5-3-16(4-6-17)7-10-8-20-9-10;/h1-2,10H,3-9H2,(H,18,19);/q;+1/p-1. The molecule has 1 aromatic rings. The number of rotatable bonds is 4. The molecule has 2 saturated heterocycles. The molecule has 2 aliphatic rings. The van der Waals surface area contributed by atoms with Gasteiger partial charge in [0.25, 0.3) is 0 Å². The van der Waals surface area contributed by atoms with Crippen LogP contribution < -0.4 is 28.9 Å². The Balaban J connectivity index is 0.00000161. The summed E-state index contributed by atoms with van der Waals surface area (Å²) in [6.45, 7) is 6.32.